The summed E-state index contributed by atoms with van der Waals surface area (Å²) >= 11 is 0. The molecule has 42 heavy (non-hydrogen) atoms. The molecule has 9 rings (SSSR count). The van der Waals surface area contributed by atoms with Crippen LogP contribution in [-0.2, 0) is 0 Å². The Balaban J connectivity index is 1.45. The van der Waals surface area contributed by atoms with Gasteiger partial charge in [-0.25, -0.2) is 15.0 Å². The van der Waals surface area contributed by atoms with E-state index in [-0.39, 0.29) is 0 Å². The smallest absolute Gasteiger partial charge is 0.237 e. The van der Waals surface area contributed by atoms with Gasteiger partial charge in [0, 0.05) is 27.3 Å². The predicted molar refractivity (Wildman–Crippen MR) is 171 cm³/mol. The van der Waals surface area contributed by atoms with Crippen molar-refractivity contribution in [2.24, 2.45) is 0 Å². The molecule has 4 heterocycles. The lowest BCUT2D eigenvalue weighted by molar-refractivity contribution is 0.986. The number of rotatable bonds is 3. The summed E-state index contributed by atoms with van der Waals surface area (Å²) in [5.41, 5.74) is 8.77. The molecule has 196 valence electrons. The standard InChI is InChI=1S/C37H23N5/c1-3-13-24(14-4-1)30-23-31(25-15-5-2-6-16-25)39-37(38-30)42-33-22-12-10-20-29(33)34-36(42)40-35-28-19-8-7-17-26(28)27-18-9-11-21-32(27)41(34)35/h1-23H. The van der Waals surface area contributed by atoms with Gasteiger partial charge in [0.05, 0.1) is 22.4 Å². The topological polar surface area (TPSA) is 48.0 Å². The minimum Gasteiger partial charge on any atom is -0.289 e. The first kappa shape index (κ1) is 22.9. The van der Waals surface area contributed by atoms with E-state index < -0.39 is 0 Å². The van der Waals surface area contributed by atoms with Crippen LogP contribution in [0.4, 0.5) is 0 Å². The maximum absolute atomic E-state index is 5.36. The van der Waals surface area contributed by atoms with Crippen LogP contribution in [0.3, 0.4) is 0 Å². The van der Waals surface area contributed by atoms with Crippen molar-refractivity contribution in [2.45, 2.75) is 0 Å². The summed E-state index contributed by atoms with van der Waals surface area (Å²) in [7, 11) is 0. The molecule has 5 heteroatoms. The maximum Gasteiger partial charge on any atom is 0.237 e. The molecule has 9 aromatic rings. The SMILES string of the molecule is c1ccc(-c2cc(-c3ccccc3)nc(-n3c4ccccc4c4c3nc3c5ccccc5c5ccccc5n34)n2)cc1. The van der Waals surface area contributed by atoms with Crippen molar-refractivity contribution >= 4 is 49.4 Å². The molecule has 0 atom stereocenters. The molecule has 0 aliphatic carbocycles. The van der Waals surface area contributed by atoms with Gasteiger partial charge in [-0.1, -0.05) is 121 Å². The zero-order chi connectivity index (χ0) is 27.6. The van der Waals surface area contributed by atoms with Crippen LogP contribution in [0.2, 0.25) is 0 Å². The Bertz CT molecular complexity index is 2400. The number of nitrogens with zero attached hydrogens (tertiary/aromatic N) is 5. The first-order chi connectivity index (χ1) is 20.8. The van der Waals surface area contributed by atoms with E-state index in [1.54, 1.807) is 0 Å². The minimum absolute atomic E-state index is 0.596. The fourth-order valence-electron chi connectivity index (χ4n) is 6.26. The zero-order valence-electron chi connectivity index (χ0n) is 22.5. The molecule has 5 aromatic carbocycles. The number of pyridine rings is 1. The monoisotopic (exact) mass is 537 g/mol. The van der Waals surface area contributed by atoms with E-state index in [2.05, 4.69) is 112 Å². The summed E-state index contributed by atoms with van der Waals surface area (Å²) < 4.78 is 4.44. The summed E-state index contributed by atoms with van der Waals surface area (Å²) in [6.07, 6.45) is 0. The summed E-state index contributed by atoms with van der Waals surface area (Å²) in [6.45, 7) is 0. The molecular weight excluding hydrogens is 514 g/mol. The highest BCUT2D eigenvalue weighted by atomic mass is 15.2. The Labute approximate surface area is 241 Å². The van der Waals surface area contributed by atoms with Crippen LogP contribution in [0.5, 0.6) is 0 Å². The number of benzene rings is 5. The summed E-state index contributed by atoms with van der Waals surface area (Å²) in [6, 6.07) is 48.2. The third-order valence-corrected chi connectivity index (χ3v) is 8.13. The number of para-hydroxylation sites is 2. The molecule has 0 N–H and O–H groups in total. The predicted octanol–water partition coefficient (Wildman–Crippen LogP) is 8.86. The Kier molecular flexibility index (Phi) is 4.83. The van der Waals surface area contributed by atoms with E-state index in [0.717, 1.165) is 61.1 Å². The van der Waals surface area contributed by atoms with Crippen molar-refractivity contribution in [3.63, 3.8) is 0 Å². The van der Waals surface area contributed by atoms with Gasteiger partial charge >= 0.3 is 0 Å². The van der Waals surface area contributed by atoms with Gasteiger partial charge in [0.25, 0.3) is 0 Å². The molecule has 0 unspecified atom stereocenters. The zero-order valence-corrected chi connectivity index (χ0v) is 22.5. The van der Waals surface area contributed by atoms with Crippen LogP contribution in [0.15, 0.2) is 140 Å². The van der Waals surface area contributed by atoms with E-state index in [0.29, 0.717) is 5.95 Å². The largest absolute Gasteiger partial charge is 0.289 e. The van der Waals surface area contributed by atoms with Gasteiger partial charge in [-0.2, -0.15) is 0 Å². The maximum atomic E-state index is 5.36. The first-order valence-corrected chi connectivity index (χ1v) is 14.1. The van der Waals surface area contributed by atoms with E-state index >= 15 is 0 Å². The van der Waals surface area contributed by atoms with Crippen molar-refractivity contribution in [3.8, 4) is 28.5 Å². The molecule has 0 radical (unpaired) electrons. The number of aromatic nitrogens is 5. The van der Waals surface area contributed by atoms with Crippen molar-refractivity contribution in [2.75, 3.05) is 0 Å². The number of fused-ring (bicyclic) bond motifs is 10. The lowest BCUT2D eigenvalue weighted by Gasteiger charge is -2.11. The van der Waals surface area contributed by atoms with Crippen LogP contribution in [0.1, 0.15) is 0 Å². The number of hydrogen-bond donors (Lipinski definition) is 0. The highest BCUT2D eigenvalue weighted by Crippen LogP contribution is 2.38. The van der Waals surface area contributed by atoms with Crippen LogP contribution >= 0.6 is 0 Å². The van der Waals surface area contributed by atoms with E-state index in [1.165, 1.54) is 10.8 Å². The van der Waals surface area contributed by atoms with Crippen molar-refractivity contribution < 1.29 is 0 Å². The van der Waals surface area contributed by atoms with Gasteiger partial charge in [-0.3, -0.25) is 8.97 Å². The number of hydrogen-bond acceptors (Lipinski definition) is 3. The quantitative estimate of drug-likeness (QED) is 0.212. The average molecular weight is 538 g/mol. The Hall–Kier alpha value is -5.81. The molecule has 0 saturated heterocycles. The van der Waals surface area contributed by atoms with E-state index in [4.69, 9.17) is 15.0 Å². The molecule has 0 amide bonds. The van der Waals surface area contributed by atoms with Crippen LogP contribution in [-0.4, -0.2) is 23.9 Å². The second-order valence-corrected chi connectivity index (χ2v) is 10.5. The normalized spacial score (nSPS) is 11.8. The highest BCUT2D eigenvalue weighted by molar-refractivity contribution is 6.17. The van der Waals surface area contributed by atoms with Crippen molar-refractivity contribution in [3.05, 3.63) is 140 Å². The van der Waals surface area contributed by atoms with Crippen molar-refractivity contribution in [1.29, 1.82) is 0 Å². The van der Waals surface area contributed by atoms with Gasteiger partial charge in [0.15, 0.2) is 5.65 Å². The molecule has 0 fully saturated rings. The highest BCUT2D eigenvalue weighted by Gasteiger charge is 2.23. The van der Waals surface area contributed by atoms with Gasteiger partial charge < -0.3 is 0 Å². The van der Waals surface area contributed by atoms with Gasteiger partial charge in [0.2, 0.25) is 5.95 Å². The lowest BCUT2D eigenvalue weighted by atomic mass is 10.1. The van der Waals surface area contributed by atoms with E-state index in [1.807, 2.05) is 36.4 Å². The minimum atomic E-state index is 0.596. The molecule has 0 spiro atoms. The molecule has 4 aromatic heterocycles. The summed E-state index contributed by atoms with van der Waals surface area (Å²) in [5.74, 6) is 0.596. The molecule has 0 aliphatic rings. The molecular formula is C37H23N5. The number of imidazole rings is 1. The van der Waals surface area contributed by atoms with Crippen LogP contribution in [0, 0.1) is 0 Å². The molecule has 0 aliphatic heterocycles. The fourth-order valence-corrected chi connectivity index (χ4v) is 6.26. The van der Waals surface area contributed by atoms with Gasteiger partial charge in [-0.05, 0) is 23.6 Å². The summed E-state index contributed by atoms with van der Waals surface area (Å²) in [4.78, 5) is 15.7. The lowest BCUT2D eigenvalue weighted by Crippen LogP contribution is -2.04. The average Bonchev–Trinajstić information content (AvgIpc) is 3.61. The van der Waals surface area contributed by atoms with Crippen molar-refractivity contribution in [1.82, 2.24) is 23.9 Å². The third-order valence-electron chi connectivity index (χ3n) is 8.13. The van der Waals surface area contributed by atoms with Gasteiger partial charge in [-0.15, -0.1) is 0 Å². The third kappa shape index (κ3) is 3.28. The van der Waals surface area contributed by atoms with Gasteiger partial charge in [0.1, 0.15) is 11.2 Å². The fraction of sp³-hybridized carbons (Fsp3) is 0. The van der Waals surface area contributed by atoms with E-state index in [9.17, 15) is 0 Å². The molecule has 0 saturated carbocycles. The summed E-state index contributed by atoms with van der Waals surface area (Å²) in [5, 5.41) is 4.62. The van der Waals surface area contributed by atoms with Crippen LogP contribution < -0.4 is 0 Å². The Morgan fingerprint density at radius 2 is 0.929 bits per heavy atom. The second kappa shape index (κ2) is 8.85. The Morgan fingerprint density at radius 1 is 0.405 bits per heavy atom. The second-order valence-electron chi connectivity index (χ2n) is 10.5. The Morgan fingerprint density at radius 3 is 1.60 bits per heavy atom. The van der Waals surface area contributed by atoms with Crippen LogP contribution in [0.25, 0.3) is 77.9 Å². The molecule has 5 nitrogen and oxygen atoms in total. The first-order valence-electron chi connectivity index (χ1n) is 14.1. The molecule has 0 bridgehead atoms.